The van der Waals surface area contributed by atoms with E-state index in [1.165, 1.54) is 45.6 Å². The minimum absolute atomic E-state index is 0.224. The van der Waals surface area contributed by atoms with E-state index in [0.29, 0.717) is 11.5 Å². The van der Waals surface area contributed by atoms with Gasteiger partial charge in [0.1, 0.15) is 0 Å². The first-order valence-corrected chi connectivity index (χ1v) is 7.30. The van der Waals surface area contributed by atoms with E-state index in [-0.39, 0.29) is 17.6 Å². The van der Waals surface area contributed by atoms with Crippen molar-refractivity contribution < 1.29 is 9.13 Å². The number of rotatable bonds is 4. The number of benzene rings is 1. The lowest BCUT2D eigenvalue weighted by molar-refractivity contribution is 0.367. The van der Waals surface area contributed by atoms with Crippen LogP contribution in [0.5, 0.6) is 5.75 Å². The smallest absolute Gasteiger partial charge is 0.169 e. The second-order valence-electron chi connectivity index (χ2n) is 5.56. The molecule has 0 spiro atoms. The van der Waals surface area contributed by atoms with Crippen LogP contribution in [0, 0.1) is 11.7 Å². The minimum atomic E-state index is -0.300. The van der Waals surface area contributed by atoms with Gasteiger partial charge in [0.2, 0.25) is 0 Å². The number of hydrogen-bond acceptors (Lipinski definition) is 2. The van der Waals surface area contributed by atoms with Gasteiger partial charge in [0.15, 0.2) is 11.6 Å². The highest BCUT2D eigenvalue weighted by Gasteiger charge is 2.20. The molecule has 0 saturated heterocycles. The lowest BCUT2D eigenvalue weighted by Crippen LogP contribution is -2.17. The summed E-state index contributed by atoms with van der Waals surface area (Å²) in [4.78, 5) is 0. The molecule has 1 aromatic rings. The summed E-state index contributed by atoms with van der Waals surface area (Å²) in [5.41, 5.74) is 6.79. The summed E-state index contributed by atoms with van der Waals surface area (Å²) < 4.78 is 19.2. The first-order valence-electron chi connectivity index (χ1n) is 7.30. The molecule has 3 heteroatoms. The van der Waals surface area contributed by atoms with Crippen LogP contribution in [0.4, 0.5) is 4.39 Å². The van der Waals surface area contributed by atoms with Crippen molar-refractivity contribution in [2.24, 2.45) is 11.7 Å². The quantitative estimate of drug-likeness (QED) is 0.828. The monoisotopic (exact) mass is 265 g/mol. The van der Waals surface area contributed by atoms with E-state index in [9.17, 15) is 4.39 Å². The summed E-state index contributed by atoms with van der Waals surface area (Å²) >= 11 is 0. The maximum Gasteiger partial charge on any atom is 0.169 e. The first kappa shape index (κ1) is 14.3. The molecule has 0 radical (unpaired) electrons. The fourth-order valence-electron chi connectivity index (χ4n) is 3.06. The highest BCUT2D eigenvalue weighted by atomic mass is 19.1. The summed E-state index contributed by atoms with van der Waals surface area (Å²) in [6, 6.07) is 5.00. The summed E-state index contributed by atoms with van der Waals surface area (Å²) in [5, 5.41) is 0. The second kappa shape index (κ2) is 6.90. The van der Waals surface area contributed by atoms with Gasteiger partial charge in [-0.2, -0.15) is 0 Å². The number of hydrogen-bond donors (Lipinski definition) is 1. The SMILES string of the molecule is COc1cccc(C(N)CC2CCCCCC2)c1F. The van der Waals surface area contributed by atoms with Gasteiger partial charge in [0.05, 0.1) is 7.11 Å². The molecule has 1 atom stereocenters. The Kier molecular flexibility index (Phi) is 5.20. The van der Waals surface area contributed by atoms with E-state index in [2.05, 4.69) is 0 Å². The Morgan fingerprint density at radius 2 is 1.95 bits per heavy atom. The zero-order chi connectivity index (χ0) is 13.7. The minimum Gasteiger partial charge on any atom is -0.494 e. The average molecular weight is 265 g/mol. The van der Waals surface area contributed by atoms with Gasteiger partial charge < -0.3 is 10.5 Å². The van der Waals surface area contributed by atoms with Gasteiger partial charge in [-0.3, -0.25) is 0 Å². The van der Waals surface area contributed by atoms with Crippen LogP contribution < -0.4 is 10.5 Å². The van der Waals surface area contributed by atoms with Crippen molar-refractivity contribution >= 4 is 0 Å². The van der Waals surface area contributed by atoms with Crippen LogP contribution in [0.3, 0.4) is 0 Å². The normalized spacial score (nSPS) is 18.9. The maximum absolute atomic E-state index is 14.2. The van der Waals surface area contributed by atoms with Crippen molar-refractivity contribution in [1.29, 1.82) is 0 Å². The van der Waals surface area contributed by atoms with Crippen LogP contribution in [-0.2, 0) is 0 Å². The van der Waals surface area contributed by atoms with Gasteiger partial charge >= 0.3 is 0 Å². The second-order valence-corrected chi connectivity index (χ2v) is 5.56. The topological polar surface area (TPSA) is 35.2 Å². The Balaban J connectivity index is 2.04. The number of ether oxygens (including phenoxy) is 1. The summed E-state index contributed by atoms with van der Waals surface area (Å²) in [6.07, 6.45) is 8.59. The number of halogens is 1. The van der Waals surface area contributed by atoms with Crippen LogP contribution in [0.15, 0.2) is 18.2 Å². The van der Waals surface area contributed by atoms with Crippen molar-refractivity contribution in [1.82, 2.24) is 0 Å². The molecule has 2 N–H and O–H groups in total. The van der Waals surface area contributed by atoms with Gasteiger partial charge in [-0.05, 0) is 18.4 Å². The van der Waals surface area contributed by atoms with Crippen molar-refractivity contribution in [3.8, 4) is 5.75 Å². The molecule has 0 heterocycles. The number of nitrogens with two attached hydrogens (primary N) is 1. The third kappa shape index (κ3) is 3.69. The molecule has 1 aromatic carbocycles. The van der Waals surface area contributed by atoms with Crippen LogP contribution in [0.1, 0.15) is 56.6 Å². The summed E-state index contributed by atoms with van der Waals surface area (Å²) in [6.45, 7) is 0. The largest absolute Gasteiger partial charge is 0.494 e. The Morgan fingerprint density at radius 1 is 1.26 bits per heavy atom. The maximum atomic E-state index is 14.2. The molecule has 1 fully saturated rings. The Hall–Kier alpha value is -1.09. The van der Waals surface area contributed by atoms with E-state index in [0.717, 1.165) is 6.42 Å². The fourth-order valence-corrected chi connectivity index (χ4v) is 3.06. The zero-order valence-corrected chi connectivity index (χ0v) is 11.7. The van der Waals surface area contributed by atoms with E-state index in [1.54, 1.807) is 12.1 Å². The summed E-state index contributed by atoms with van der Waals surface area (Å²) in [5.74, 6) is 0.628. The molecule has 1 unspecified atom stereocenters. The molecule has 106 valence electrons. The highest BCUT2D eigenvalue weighted by molar-refractivity contribution is 5.32. The van der Waals surface area contributed by atoms with E-state index in [1.807, 2.05) is 6.07 Å². The lowest BCUT2D eigenvalue weighted by atomic mass is 9.90. The Morgan fingerprint density at radius 3 is 2.58 bits per heavy atom. The molecule has 0 aromatic heterocycles. The Bertz CT molecular complexity index is 400. The molecule has 0 amide bonds. The molecule has 0 aliphatic heterocycles. The van der Waals surface area contributed by atoms with Gasteiger partial charge in [-0.1, -0.05) is 50.7 Å². The molecule has 1 aliphatic carbocycles. The highest BCUT2D eigenvalue weighted by Crippen LogP contribution is 2.32. The predicted octanol–water partition coefficient (Wildman–Crippen LogP) is 4.19. The molecule has 0 bridgehead atoms. The molecule has 1 saturated carbocycles. The van der Waals surface area contributed by atoms with Gasteiger partial charge in [-0.25, -0.2) is 4.39 Å². The lowest BCUT2D eigenvalue weighted by Gasteiger charge is -2.20. The van der Waals surface area contributed by atoms with E-state index >= 15 is 0 Å². The van der Waals surface area contributed by atoms with Crippen molar-refractivity contribution in [3.63, 3.8) is 0 Å². The van der Waals surface area contributed by atoms with Gasteiger partial charge in [0, 0.05) is 11.6 Å². The molecule has 2 rings (SSSR count). The van der Waals surface area contributed by atoms with Crippen molar-refractivity contribution in [2.45, 2.75) is 51.0 Å². The first-order chi connectivity index (χ1) is 9.22. The third-order valence-electron chi connectivity index (χ3n) is 4.17. The van der Waals surface area contributed by atoms with Crippen molar-refractivity contribution in [3.05, 3.63) is 29.6 Å². The fraction of sp³-hybridized carbons (Fsp3) is 0.625. The molecular formula is C16H24FNO. The standard InChI is InChI=1S/C16H24FNO/c1-19-15-10-6-9-13(16(15)17)14(18)11-12-7-4-2-3-5-8-12/h6,9-10,12,14H,2-5,7-8,11,18H2,1H3. The van der Waals surface area contributed by atoms with Crippen molar-refractivity contribution in [2.75, 3.05) is 7.11 Å². The molecule has 2 nitrogen and oxygen atoms in total. The Labute approximate surface area is 115 Å². The third-order valence-corrected chi connectivity index (χ3v) is 4.17. The van der Waals surface area contributed by atoms with Crippen LogP contribution in [-0.4, -0.2) is 7.11 Å². The van der Waals surface area contributed by atoms with Crippen LogP contribution in [0.2, 0.25) is 0 Å². The summed E-state index contributed by atoms with van der Waals surface area (Å²) in [7, 11) is 1.49. The number of methoxy groups -OCH3 is 1. The van der Waals surface area contributed by atoms with Gasteiger partial charge in [0.25, 0.3) is 0 Å². The zero-order valence-electron chi connectivity index (χ0n) is 11.7. The van der Waals surface area contributed by atoms with E-state index < -0.39 is 0 Å². The van der Waals surface area contributed by atoms with Gasteiger partial charge in [-0.15, -0.1) is 0 Å². The van der Waals surface area contributed by atoms with Crippen LogP contribution in [0.25, 0.3) is 0 Å². The average Bonchev–Trinajstić information content (AvgIpc) is 2.67. The van der Waals surface area contributed by atoms with Crippen LogP contribution >= 0.6 is 0 Å². The van der Waals surface area contributed by atoms with E-state index in [4.69, 9.17) is 10.5 Å². The predicted molar refractivity (Wildman–Crippen MR) is 75.7 cm³/mol. The molecule has 1 aliphatic rings. The molecular weight excluding hydrogens is 241 g/mol. The molecule has 19 heavy (non-hydrogen) atoms.